The first-order valence-corrected chi connectivity index (χ1v) is 10.4. The second kappa shape index (κ2) is 8.50. The van der Waals surface area contributed by atoms with E-state index in [1.165, 1.54) is 5.56 Å². The van der Waals surface area contributed by atoms with Crippen molar-refractivity contribution in [2.24, 2.45) is 0 Å². The number of aryl methyl sites for hydroxylation is 1. The van der Waals surface area contributed by atoms with E-state index in [1.54, 1.807) is 11.8 Å². The van der Waals surface area contributed by atoms with E-state index >= 15 is 0 Å². The Labute approximate surface area is 178 Å². The predicted molar refractivity (Wildman–Crippen MR) is 113 cm³/mol. The van der Waals surface area contributed by atoms with Crippen LogP contribution in [0, 0.1) is 6.92 Å². The zero-order chi connectivity index (χ0) is 22.1. The van der Waals surface area contributed by atoms with Gasteiger partial charge in [0.1, 0.15) is 5.60 Å². The highest BCUT2D eigenvalue weighted by molar-refractivity contribution is 5.89. The molecule has 7 heteroatoms. The van der Waals surface area contributed by atoms with Crippen molar-refractivity contribution in [3.05, 3.63) is 52.3 Å². The zero-order valence-corrected chi connectivity index (χ0v) is 18.7. The molecule has 1 aliphatic heterocycles. The molecule has 30 heavy (non-hydrogen) atoms. The van der Waals surface area contributed by atoms with Crippen LogP contribution in [0.1, 0.15) is 67.5 Å². The quantitative estimate of drug-likeness (QED) is 0.706. The number of esters is 1. The van der Waals surface area contributed by atoms with Crippen molar-refractivity contribution in [2.45, 2.75) is 72.7 Å². The molecule has 0 N–H and O–H groups in total. The number of carbonyl (C=O) groups excluding carboxylic acids is 2. The lowest BCUT2D eigenvalue weighted by atomic mass is 9.99. The van der Waals surface area contributed by atoms with Crippen LogP contribution in [0.5, 0.6) is 0 Å². The molecule has 2 heterocycles. The molecule has 1 aromatic heterocycles. The van der Waals surface area contributed by atoms with Gasteiger partial charge < -0.3 is 14.4 Å². The largest absolute Gasteiger partial charge is 0.461 e. The number of rotatable bonds is 4. The molecule has 0 unspecified atom stereocenters. The van der Waals surface area contributed by atoms with Gasteiger partial charge in [-0.3, -0.25) is 4.68 Å². The van der Waals surface area contributed by atoms with Gasteiger partial charge in [0, 0.05) is 23.7 Å². The summed E-state index contributed by atoms with van der Waals surface area (Å²) in [5.41, 5.74) is 3.70. The molecular formula is C23H31N3O4. The number of nitrogens with zero attached hydrogens (tertiary/aromatic N) is 3. The first kappa shape index (κ1) is 21.9. The molecule has 162 valence electrons. The summed E-state index contributed by atoms with van der Waals surface area (Å²) in [4.78, 5) is 27.0. The number of benzene rings is 1. The monoisotopic (exact) mass is 413 g/mol. The third kappa shape index (κ3) is 4.66. The van der Waals surface area contributed by atoms with Gasteiger partial charge in [-0.2, -0.15) is 5.10 Å². The summed E-state index contributed by atoms with van der Waals surface area (Å²) in [5, 5.41) is 4.61. The Morgan fingerprint density at radius 2 is 1.93 bits per heavy atom. The van der Waals surface area contributed by atoms with Crippen LogP contribution in [-0.2, 0) is 29.0 Å². The number of carbonyl (C=O) groups is 2. The minimum atomic E-state index is -0.587. The maximum atomic E-state index is 12.7. The highest BCUT2D eigenvalue weighted by Gasteiger charge is 2.36. The lowest BCUT2D eigenvalue weighted by Crippen LogP contribution is -2.45. The zero-order valence-electron chi connectivity index (χ0n) is 18.7. The van der Waals surface area contributed by atoms with Gasteiger partial charge in [0.15, 0.2) is 5.69 Å². The molecule has 7 nitrogen and oxygen atoms in total. The summed E-state index contributed by atoms with van der Waals surface area (Å²) in [6.07, 6.45) is 0.203. The van der Waals surface area contributed by atoms with Crippen LogP contribution in [0.25, 0.3) is 0 Å². The Morgan fingerprint density at radius 3 is 2.57 bits per heavy atom. The topological polar surface area (TPSA) is 73.7 Å². The smallest absolute Gasteiger partial charge is 0.410 e. The summed E-state index contributed by atoms with van der Waals surface area (Å²) in [6, 6.07) is 8.05. The summed E-state index contributed by atoms with van der Waals surface area (Å²) >= 11 is 0. The molecule has 1 atom stereocenters. The Morgan fingerprint density at radius 1 is 1.23 bits per heavy atom. The van der Waals surface area contributed by atoms with Crippen molar-refractivity contribution in [1.29, 1.82) is 0 Å². The van der Waals surface area contributed by atoms with Gasteiger partial charge in [-0.15, -0.1) is 0 Å². The Hall–Kier alpha value is -2.83. The van der Waals surface area contributed by atoms with Crippen LogP contribution >= 0.6 is 0 Å². The SMILES string of the molecule is CCOC(=O)c1nn(Cc2ccccc2C)c2c1CN(C(=O)OC(C)(C)C)[C@H](C)C2. The van der Waals surface area contributed by atoms with Gasteiger partial charge in [0.2, 0.25) is 0 Å². The number of hydrogen-bond acceptors (Lipinski definition) is 5. The Bertz CT molecular complexity index is 942. The summed E-state index contributed by atoms with van der Waals surface area (Å²) in [6.45, 7) is 12.4. The summed E-state index contributed by atoms with van der Waals surface area (Å²) in [7, 11) is 0. The molecule has 0 spiro atoms. The molecule has 1 aromatic carbocycles. The molecule has 0 saturated heterocycles. The number of aromatic nitrogens is 2. The molecule has 0 bridgehead atoms. The molecule has 3 rings (SSSR count). The molecule has 0 saturated carbocycles. The van der Waals surface area contributed by atoms with Gasteiger partial charge in [-0.1, -0.05) is 24.3 Å². The van der Waals surface area contributed by atoms with Crippen LogP contribution in [0.3, 0.4) is 0 Å². The van der Waals surface area contributed by atoms with Crippen LogP contribution in [0.15, 0.2) is 24.3 Å². The normalized spacial score (nSPS) is 16.2. The Balaban J connectivity index is 1.98. The molecular weight excluding hydrogens is 382 g/mol. The van der Waals surface area contributed by atoms with Crippen molar-refractivity contribution >= 4 is 12.1 Å². The minimum absolute atomic E-state index is 0.0743. The second-order valence-electron chi connectivity index (χ2n) is 8.74. The number of ether oxygens (including phenoxy) is 2. The van der Waals surface area contributed by atoms with Crippen LogP contribution in [0.4, 0.5) is 4.79 Å². The van der Waals surface area contributed by atoms with E-state index in [0.717, 1.165) is 16.8 Å². The second-order valence-corrected chi connectivity index (χ2v) is 8.74. The minimum Gasteiger partial charge on any atom is -0.461 e. The van der Waals surface area contributed by atoms with Gasteiger partial charge in [0.05, 0.1) is 19.7 Å². The fraction of sp³-hybridized carbons (Fsp3) is 0.522. The summed E-state index contributed by atoms with van der Waals surface area (Å²) < 4.78 is 12.7. The van der Waals surface area contributed by atoms with E-state index in [9.17, 15) is 9.59 Å². The van der Waals surface area contributed by atoms with E-state index in [1.807, 2.05) is 44.5 Å². The van der Waals surface area contributed by atoms with Crippen molar-refractivity contribution < 1.29 is 19.1 Å². The third-order valence-corrected chi connectivity index (χ3v) is 5.19. The van der Waals surface area contributed by atoms with Gasteiger partial charge in [-0.05, 0) is 52.7 Å². The van der Waals surface area contributed by atoms with E-state index in [4.69, 9.17) is 9.47 Å². The van der Waals surface area contributed by atoms with Crippen molar-refractivity contribution in [1.82, 2.24) is 14.7 Å². The van der Waals surface area contributed by atoms with Gasteiger partial charge in [0.25, 0.3) is 0 Å². The fourth-order valence-electron chi connectivity index (χ4n) is 3.65. The van der Waals surface area contributed by atoms with E-state index in [0.29, 0.717) is 13.0 Å². The van der Waals surface area contributed by atoms with Gasteiger partial charge in [-0.25, -0.2) is 9.59 Å². The molecule has 0 fully saturated rings. The first-order chi connectivity index (χ1) is 14.1. The van der Waals surface area contributed by atoms with Crippen molar-refractivity contribution in [3.8, 4) is 0 Å². The lowest BCUT2D eigenvalue weighted by molar-refractivity contribution is 0.0133. The highest BCUT2D eigenvalue weighted by Crippen LogP contribution is 2.29. The van der Waals surface area contributed by atoms with Crippen molar-refractivity contribution in [3.63, 3.8) is 0 Å². The first-order valence-electron chi connectivity index (χ1n) is 10.4. The van der Waals surface area contributed by atoms with E-state index in [-0.39, 0.29) is 31.0 Å². The van der Waals surface area contributed by atoms with Crippen LogP contribution in [0.2, 0.25) is 0 Å². The average Bonchev–Trinajstić information content (AvgIpc) is 2.99. The molecule has 0 radical (unpaired) electrons. The molecule has 2 aromatic rings. The molecule has 1 amide bonds. The standard InChI is InChI=1S/C23H31N3O4/c1-7-29-21(27)20-18-14-25(22(28)30-23(4,5)6)16(3)12-19(18)26(24-20)13-17-11-9-8-10-15(17)2/h8-11,16H,7,12-14H2,1-6H3/t16-/m1/s1. The lowest BCUT2D eigenvalue weighted by Gasteiger charge is -2.35. The number of fused-ring (bicyclic) bond motifs is 1. The Kier molecular flexibility index (Phi) is 6.19. The van der Waals surface area contributed by atoms with Crippen molar-refractivity contribution in [2.75, 3.05) is 6.61 Å². The average molecular weight is 414 g/mol. The van der Waals surface area contributed by atoms with E-state index < -0.39 is 11.6 Å². The molecule has 0 aliphatic carbocycles. The molecule has 1 aliphatic rings. The highest BCUT2D eigenvalue weighted by atomic mass is 16.6. The van der Waals surface area contributed by atoms with Crippen LogP contribution in [-0.4, -0.2) is 45.0 Å². The maximum Gasteiger partial charge on any atom is 0.410 e. The fourth-order valence-corrected chi connectivity index (χ4v) is 3.65. The predicted octanol–water partition coefficient (Wildman–Crippen LogP) is 4.10. The van der Waals surface area contributed by atoms with Gasteiger partial charge >= 0.3 is 12.1 Å². The summed E-state index contributed by atoms with van der Waals surface area (Å²) in [5.74, 6) is -0.462. The number of hydrogen-bond donors (Lipinski definition) is 0. The van der Waals surface area contributed by atoms with Crippen LogP contribution < -0.4 is 0 Å². The maximum absolute atomic E-state index is 12.7. The number of amides is 1. The van der Waals surface area contributed by atoms with E-state index in [2.05, 4.69) is 24.2 Å². The third-order valence-electron chi connectivity index (χ3n) is 5.19.